The third-order valence-corrected chi connectivity index (χ3v) is 10.1. The molecule has 0 spiro atoms. The molecular formula is C34H45ClF2N2O4S2. The minimum absolute atomic E-state index is 0. The molecule has 0 radical (unpaired) electrons. The zero-order valence-corrected chi connectivity index (χ0v) is 28.1. The van der Waals surface area contributed by atoms with Crippen LogP contribution in [-0.2, 0) is 22.3 Å². The Morgan fingerprint density at radius 2 is 1.13 bits per heavy atom. The summed E-state index contributed by atoms with van der Waals surface area (Å²) in [6, 6.07) is 11.1. The van der Waals surface area contributed by atoms with Gasteiger partial charge in [0.1, 0.15) is 11.6 Å². The molecule has 11 heteroatoms. The molecule has 0 saturated carbocycles. The van der Waals surface area contributed by atoms with Crippen molar-refractivity contribution in [2.24, 2.45) is 0 Å². The minimum atomic E-state index is -0.157. The Morgan fingerprint density at radius 1 is 0.689 bits per heavy atom. The van der Waals surface area contributed by atoms with Crippen molar-refractivity contribution in [3.05, 3.63) is 69.9 Å². The van der Waals surface area contributed by atoms with E-state index in [9.17, 15) is 19.0 Å². The van der Waals surface area contributed by atoms with Gasteiger partial charge in [-0.1, -0.05) is 0 Å². The number of ether oxygens (including phenoxy) is 2. The smallest absolute Gasteiger partial charge is 0.127 e. The van der Waals surface area contributed by atoms with Gasteiger partial charge in [0.25, 0.3) is 0 Å². The Balaban J connectivity index is 0.000000200. The Morgan fingerprint density at radius 3 is 1.53 bits per heavy atom. The second-order valence-electron chi connectivity index (χ2n) is 11.7. The molecule has 2 aromatic carbocycles. The van der Waals surface area contributed by atoms with Gasteiger partial charge in [-0.2, -0.15) is 0 Å². The van der Waals surface area contributed by atoms with E-state index in [2.05, 4.69) is 9.80 Å². The molecule has 2 N–H and O–H groups in total. The van der Waals surface area contributed by atoms with Gasteiger partial charge in [-0.05, 0) is 108 Å². The molecule has 2 fully saturated rings. The number of nitrogens with zero attached hydrogens (tertiary/aromatic N) is 2. The summed E-state index contributed by atoms with van der Waals surface area (Å²) >= 11 is 3.13. The predicted octanol–water partition coefficient (Wildman–Crippen LogP) is 6.53. The van der Waals surface area contributed by atoms with Crippen LogP contribution in [-0.4, -0.2) is 97.9 Å². The lowest BCUT2D eigenvalue weighted by Crippen LogP contribution is -2.24. The fourth-order valence-electron chi connectivity index (χ4n) is 5.83. The van der Waals surface area contributed by atoms with E-state index in [4.69, 9.17) is 9.47 Å². The maximum absolute atomic E-state index is 13.9. The Kier molecular flexibility index (Phi) is 14.9. The van der Waals surface area contributed by atoms with Gasteiger partial charge in [0.05, 0.1) is 25.4 Å². The molecule has 6 rings (SSSR count). The zero-order valence-electron chi connectivity index (χ0n) is 25.7. The molecule has 45 heavy (non-hydrogen) atoms. The first-order chi connectivity index (χ1) is 21.4. The number of aliphatic hydroxyl groups is 2. The van der Waals surface area contributed by atoms with Gasteiger partial charge in [0.2, 0.25) is 0 Å². The van der Waals surface area contributed by atoms with Crippen molar-refractivity contribution in [3.63, 3.8) is 0 Å². The van der Waals surface area contributed by atoms with Crippen LogP contribution >= 0.6 is 35.1 Å². The SMILES string of the molecule is Cl.OC1CCN(CCCOCCc2cc3ccsc3cc2F)C1.OC1CCN(CCCOCCc2cc3ccsc3cc2F)C1. The summed E-state index contributed by atoms with van der Waals surface area (Å²) in [5, 5.41) is 25.1. The highest BCUT2D eigenvalue weighted by Gasteiger charge is 2.20. The Labute approximate surface area is 279 Å². The largest absolute Gasteiger partial charge is 0.392 e. The molecule has 2 aromatic heterocycles. The average molecular weight is 683 g/mol. The third-order valence-electron chi connectivity index (χ3n) is 8.30. The standard InChI is InChI=1S/2C17H22FNO2S.ClH/c2*18-16-11-17-14(4-9-22-17)10-13(16)3-8-21-7-1-5-19-6-2-15(20)12-19;/h2*4,9-11,15,20H,1-3,5-8,12H2;1H. The molecule has 6 nitrogen and oxygen atoms in total. The second kappa shape index (κ2) is 18.6. The topological polar surface area (TPSA) is 65.4 Å². The van der Waals surface area contributed by atoms with Gasteiger partial charge in [0.15, 0.2) is 0 Å². The van der Waals surface area contributed by atoms with Crippen LogP contribution in [0.4, 0.5) is 8.78 Å². The first-order valence-electron chi connectivity index (χ1n) is 15.7. The summed E-state index contributed by atoms with van der Waals surface area (Å²) < 4.78 is 41.1. The van der Waals surface area contributed by atoms with Gasteiger partial charge in [-0.25, -0.2) is 8.78 Å². The van der Waals surface area contributed by atoms with Crippen LogP contribution < -0.4 is 0 Å². The maximum atomic E-state index is 13.9. The first-order valence-corrected chi connectivity index (χ1v) is 17.5. The molecule has 2 atom stereocenters. The van der Waals surface area contributed by atoms with Gasteiger partial charge in [0, 0.05) is 61.9 Å². The van der Waals surface area contributed by atoms with Crippen molar-refractivity contribution in [1.82, 2.24) is 9.80 Å². The highest BCUT2D eigenvalue weighted by molar-refractivity contribution is 7.17. The summed E-state index contributed by atoms with van der Waals surface area (Å²) in [5.41, 5.74) is 1.46. The fraction of sp³-hybridized carbons (Fsp3) is 0.529. The number of benzene rings is 2. The van der Waals surface area contributed by atoms with Crippen LogP contribution in [0.5, 0.6) is 0 Å². The van der Waals surface area contributed by atoms with Gasteiger partial charge in [-0.3, -0.25) is 0 Å². The lowest BCUT2D eigenvalue weighted by Gasteiger charge is -2.14. The average Bonchev–Trinajstić information content (AvgIpc) is 3.82. The summed E-state index contributed by atoms with van der Waals surface area (Å²) in [6.45, 7) is 7.94. The molecular weight excluding hydrogens is 638 g/mol. The number of fused-ring (bicyclic) bond motifs is 2. The monoisotopic (exact) mass is 682 g/mol. The van der Waals surface area contributed by atoms with Crippen molar-refractivity contribution in [2.75, 3.05) is 65.7 Å². The van der Waals surface area contributed by atoms with E-state index in [-0.39, 0.29) is 36.2 Å². The fourth-order valence-corrected chi connectivity index (χ4v) is 7.42. The number of hydrogen-bond donors (Lipinski definition) is 2. The number of likely N-dealkylation sites (tertiary alicyclic amines) is 2. The molecule has 2 unspecified atom stereocenters. The molecule has 0 amide bonds. The second-order valence-corrected chi connectivity index (χ2v) is 13.6. The number of aliphatic hydroxyl groups excluding tert-OH is 2. The van der Waals surface area contributed by atoms with Crippen molar-refractivity contribution in [3.8, 4) is 0 Å². The van der Waals surface area contributed by atoms with Crippen LogP contribution in [0.1, 0.15) is 36.8 Å². The molecule has 248 valence electrons. The van der Waals surface area contributed by atoms with E-state index in [1.807, 2.05) is 35.0 Å². The van der Waals surface area contributed by atoms with Crippen molar-refractivity contribution < 1.29 is 28.5 Å². The van der Waals surface area contributed by atoms with Crippen LogP contribution in [0.3, 0.4) is 0 Å². The van der Waals surface area contributed by atoms with Crippen molar-refractivity contribution >= 4 is 55.3 Å². The molecule has 2 aliphatic heterocycles. The Bertz CT molecular complexity index is 1350. The number of hydrogen-bond acceptors (Lipinski definition) is 8. The van der Waals surface area contributed by atoms with E-state index < -0.39 is 0 Å². The minimum Gasteiger partial charge on any atom is -0.392 e. The van der Waals surface area contributed by atoms with Crippen LogP contribution in [0, 0.1) is 11.6 Å². The number of rotatable bonds is 14. The molecule has 4 heterocycles. The van der Waals surface area contributed by atoms with E-state index in [0.29, 0.717) is 39.3 Å². The van der Waals surface area contributed by atoms with Crippen molar-refractivity contribution in [2.45, 2.75) is 50.7 Å². The Hall–Kier alpha value is -1.73. The van der Waals surface area contributed by atoms with Crippen LogP contribution in [0.15, 0.2) is 47.2 Å². The van der Waals surface area contributed by atoms with E-state index >= 15 is 0 Å². The van der Waals surface area contributed by atoms with Gasteiger partial charge < -0.3 is 29.5 Å². The lowest BCUT2D eigenvalue weighted by atomic mass is 10.1. The summed E-state index contributed by atoms with van der Waals surface area (Å²) in [4.78, 5) is 4.52. The quantitative estimate of drug-likeness (QED) is 0.148. The third kappa shape index (κ3) is 11.2. The van der Waals surface area contributed by atoms with Crippen molar-refractivity contribution in [1.29, 1.82) is 0 Å². The van der Waals surface area contributed by atoms with E-state index in [0.717, 1.165) is 96.3 Å². The van der Waals surface area contributed by atoms with Gasteiger partial charge >= 0.3 is 0 Å². The molecule has 4 aromatic rings. The highest BCUT2D eigenvalue weighted by atomic mass is 35.5. The highest BCUT2D eigenvalue weighted by Crippen LogP contribution is 2.25. The summed E-state index contributed by atoms with van der Waals surface area (Å²) in [5.74, 6) is -0.269. The number of thiophene rings is 2. The predicted molar refractivity (Wildman–Crippen MR) is 183 cm³/mol. The zero-order chi connectivity index (χ0) is 30.7. The molecule has 2 saturated heterocycles. The lowest BCUT2D eigenvalue weighted by molar-refractivity contribution is 0.122. The summed E-state index contributed by atoms with van der Waals surface area (Å²) in [7, 11) is 0. The number of halogens is 3. The first kappa shape index (κ1) is 36.1. The normalized spacial score (nSPS) is 18.8. The molecule has 2 aliphatic rings. The maximum Gasteiger partial charge on any atom is 0.127 e. The number of β-amino-alcohol motifs (C(OH)–C–C–N with tert-alkyl or cyclic N) is 2. The van der Waals surface area contributed by atoms with E-state index in [1.54, 1.807) is 34.8 Å². The molecule has 0 bridgehead atoms. The van der Waals surface area contributed by atoms with Crippen LogP contribution in [0.25, 0.3) is 20.2 Å². The van der Waals surface area contributed by atoms with Crippen LogP contribution in [0.2, 0.25) is 0 Å². The summed E-state index contributed by atoms with van der Waals surface area (Å²) in [6.07, 6.45) is 4.58. The molecule has 0 aliphatic carbocycles. The van der Waals surface area contributed by atoms with E-state index in [1.165, 1.54) is 0 Å². The van der Waals surface area contributed by atoms with Gasteiger partial charge in [-0.15, -0.1) is 35.1 Å².